The SMILES string of the molecule is CC(C)(C)OC(=O)N1CCC[C@H]1C1=NCC(c2ccc3cc(-c4ccc5c(c4)C=CC4N=C(CCCCN)NC54)ccc3c2)N1. The van der Waals surface area contributed by atoms with Crippen LogP contribution in [-0.2, 0) is 4.74 Å². The molecule has 3 heterocycles. The molecule has 4 atom stereocenters. The fourth-order valence-corrected chi connectivity index (χ4v) is 7.03. The number of benzene rings is 3. The van der Waals surface area contributed by atoms with Crippen LogP contribution in [0.25, 0.3) is 28.0 Å². The molecule has 4 N–H and O–H groups in total. The first-order valence-corrected chi connectivity index (χ1v) is 16.5. The number of nitrogens with zero attached hydrogens (tertiary/aromatic N) is 3. The number of likely N-dealkylation sites (tertiary alicyclic amines) is 1. The van der Waals surface area contributed by atoms with Gasteiger partial charge in [-0.05, 0) is 110 Å². The third kappa shape index (κ3) is 6.08. The molecule has 0 spiro atoms. The van der Waals surface area contributed by atoms with Gasteiger partial charge in [0.15, 0.2) is 0 Å². The Hall–Kier alpha value is -4.17. The molecule has 3 aromatic carbocycles. The molecule has 0 radical (unpaired) electrons. The Balaban J connectivity index is 1.03. The number of hydrogen-bond donors (Lipinski definition) is 3. The maximum atomic E-state index is 12.8. The van der Waals surface area contributed by atoms with Crippen LogP contribution in [0, 0.1) is 0 Å². The molecule has 1 fully saturated rings. The van der Waals surface area contributed by atoms with E-state index in [0.29, 0.717) is 13.1 Å². The Bertz CT molecular complexity index is 1700. The van der Waals surface area contributed by atoms with Crippen molar-refractivity contribution in [1.82, 2.24) is 15.5 Å². The topological polar surface area (TPSA) is 104 Å². The minimum absolute atomic E-state index is 0.0504. The summed E-state index contributed by atoms with van der Waals surface area (Å²) in [5.74, 6) is 2.00. The monoisotopic (exact) mass is 604 g/mol. The minimum atomic E-state index is -0.513. The maximum Gasteiger partial charge on any atom is 0.410 e. The Morgan fingerprint density at radius 2 is 1.82 bits per heavy atom. The maximum absolute atomic E-state index is 12.8. The zero-order valence-corrected chi connectivity index (χ0v) is 26.6. The van der Waals surface area contributed by atoms with Gasteiger partial charge in [-0.3, -0.25) is 14.9 Å². The van der Waals surface area contributed by atoms with E-state index in [1.807, 2.05) is 25.7 Å². The van der Waals surface area contributed by atoms with Crippen molar-refractivity contribution in [3.63, 3.8) is 0 Å². The molecule has 3 aliphatic heterocycles. The lowest BCUT2D eigenvalue weighted by molar-refractivity contribution is 0.0264. The van der Waals surface area contributed by atoms with Gasteiger partial charge < -0.3 is 21.1 Å². The van der Waals surface area contributed by atoms with Crippen LogP contribution in [0.3, 0.4) is 0 Å². The molecular weight excluding hydrogens is 560 g/mol. The first-order chi connectivity index (χ1) is 21.8. The smallest absolute Gasteiger partial charge is 0.410 e. The van der Waals surface area contributed by atoms with E-state index < -0.39 is 5.60 Å². The summed E-state index contributed by atoms with van der Waals surface area (Å²) < 4.78 is 5.67. The summed E-state index contributed by atoms with van der Waals surface area (Å²) in [4.78, 5) is 24.4. The molecule has 0 saturated carbocycles. The van der Waals surface area contributed by atoms with Gasteiger partial charge in [0.05, 0.1) is 36.5 Å². The average Bonchev–Trinajstić information content (AvgIpc) is 3.79. The zero-order valence-electron chi connectivity index (χ0n) is 26.6. The number of ether oxygens (including phenoxy) is 1. The second-order valence-electron chi connectivity index (χ2n) is 13.7. The van der Waals surface area contributed by atoms with E-state index in [1.54, 1.807) is 0 Å². The Morgan fingerprint density at radius 3 is 2.67 bits per heavy atom. The number of amides is 1. The van der Waals surface area contributed by atoms with E-state index in [4.69, 9.17) is 20.5 Å². The number of unbranched alkanes of at least 4 members (excludes halogenated alkanes) is 1. The number of nitrogens with one attached hydrogen (secondary N) is 2. The minimum Gasteiger partial charge on any atom is -0.444 e. The number of carbonyl (C=O) groups excluding carboxylic acids is 1. The quantitative estimate of drug-likeness (QED) is 0.267. The van der Waals surface area contributed by atoms with Gasteiger partial charge in [-0.15, -0.1) is 0 Å². The highest BCUT2D eigenvalue weighted by molar-refractivity contribution is 5.93. The molecule has 0 bridgehead atoms. The van der Waals surface area contributed by atoms with Gasteiger partial charge in [-0.25, -0.2) is 4.79 Å². The molecule has 7 rings (SSSR count). The largest absolute Gasteiger partial charge is 0.444 e. The molecular formula is C37H44N6O2. The molecule has 3 aromatic rings. The lowest BCUT2D eigenvalue weighted by atomic mass is 9.87. The van der Waals surface area contributed by atoms with Crippen molar-refractivity contribution in [3.8, 4) is 11.1 Å². The van der Waals surface area contributed by atoms with Crippen molar-refractivity contribution in [3.05, 3.63) is 77.4 Å². The van der Waals surface area contributed by atoms with Crippen LogP contribution in [0.1, 0.15) is 81.6 Å². The van der Waals surface area contributed by atoms with E-state index in [-0.39, 0.29) is 30.3 Å². The molecule has 1 saturated heterocycles. The first-order valence-electron chi connectivity index (χ1n) is 16.5. The van der Waals surface area contributed by atoms with E-state index in [2.05, 4.69) is 77.4 Å². The number of fused-ring (bicyclic) bond motifs is 4. The third-order valence-electron chi connectivity index (χ3n) is 9.29. The molecule has 234 valence electrons. The van der Waals surface area contributed by atoms with Gasteiger partial charge in [0, 0.05) is 13.0 Å². The van der Waals surface area contributed by atoms with Gasteiger partial charge in [0.25, 0.3) is 0 Å². The molecule has 0 aromatic heterocycles. The third-order valence-corrected chi connectivity index (χ3v) is 9.29. The molecule has 1 aliphatic carbocycles. The number of nitrogens with two attached hydrogens (primary N) is 1. The first kappa shape index (κ1) is 29.5. The molecule has 4 aliphatic rings. The lowest BCUT2D eigenvalue weighted by Crippen LogP contribution is -2.46. The average molecular weight is 605 g/mol. The molecule has 45 heavy (non-hydrogen) atoms. The van der Waals surface area contributed by atoms with Gasteiger partial charge in [0.2, 0.25) is 0 Å². The van der Waals surface area contributed by atoms with Gasteiger partial charge in [-0.1, -0.05) is 48.6 Å². The van der Waals surface area contributed by atoms with Gasteiger partial charge in [0.1, 0.15) is 11.4 Å². The second kappa shape index (κ2) is 12.0. The van der Waals surface area contributed by atoms with Crippen molar-refractivity contribution in [1.29, 1.82) is 0 Å². The summed E-state index contributed by atoms with van der Waals surface area (Å²) in [6.07, 6.45) is 9.12. The van der Waals surface area contributed by atoms with Crippen LogP contribution in [0.15, 0.2) is 70.7 Å². The van der Waals surface area contributed by atoms with Crippen LogP contribution < -0.4 is 16.4 Å². The molecule has 3 unspecified atom stereocenters. The molecule has 1 amide bonds. The van der Waals surface area contributed by atoms with Crippen LogP contribution in [0.2, 0.25) is 0 Å². The second-order valence-corrected chi connectivity index (χ2v) is 13.7. The lowest BCUT2D eigenvalue weighted by Gasteiger charge is -2.29. The highest BCUT2D eigenvalue weighted by Gasteiger charge is 2.38. The summed E-state index contributed by atoms with van der Waals surface area (Å²) in [5.41, 5.74) is 11.4. The standard InChI is InChI=1S/C37H44N6O2/c1-37(2,3)45-36(44)43-18-6-7-32(43)35-39-22-31(41-35)28-12-11-24-19-23(9-10-25(24)21-28)26-13-15-29-27(20-26)14-16-30-34(29)42-33(40-30)8-4-5-17-38/h9-16,19-21,30-32,34H,4-8,17-18,22,38H2,1-3H3,(H,39,41)(H,40,42)/t30?,31?,32-,34?/m0/s1. The Morgan fingerprint density at radius 1 is 1.02 bits per heavy atom. The number of hydrogen-bond acceptors (Lipinski definition) is 7. The van der Waals surface area contributed by atoms with Crippen molar-refractivity contribution in [2.45, 2.75) is 82.6 Å². The number of amidine groups is 2. The normalized spacial score (nSPS) is 23.7. The summed E-state index contributed by atoms with van der Waals surface area (Å²) in [6, 6.07) is 20.6. The zero-order chi connectivity index (χ0) is 31.1. The number of rotatable bonds is 7. The van der Waals surface area contributed by atoms with Gasteiger partial charge in [-0.2, -0.15) is 0 Å². The van der Waals surface area contributed by atoms with Crippen molar-refractivity contribution >= 4 is 34.6 Å². The fourth-order valence-electron chi connectivity index (χ4n) is 7.03. The summed E-state index contributed by atoms with van der Waals surface area (Å²) >= 11 is 0. The van der Waals surface area contributed by atoms with E-state index in [9.17, 15) is 4.79 Å². The van der Waals surface area contributed by atoms with E-state index in [1.165, 1.54) is 38.6 Å². The van der Waals surface area contributed by atoms with Gasteiger partial charge >= 0.3 is 6.09 Å². The number of aliphatic imine (C=N–C) groups is 2. The summed E-state index contributed by atoms with van der Waals surface area (Å²) in [5, 5.41) is 9.73. The van der Waals surface area contributed by atoms with E-state index in [0.717, 1.165) is 50.3 Å². The van der Waals surface area contributed by atoms with Crippen molar-refractivity contribution < 1.29 is 9.53 Å². The van der Waals surface area contributed by atoms with Crippen LogP contribution in [0.5, 0.6) is 0 Å². The predicted molar refractivity (Wildman–Crippen MR) is 183 cm³/mol. The Kier molecular flexibility index (Phi) is 7.86. The van der Waals surface area contributed by atoms with Crippen LogP contribution in [-0.4, -0.2) is 60.0 Å². The molecule has 8 heteroatoms. The number of carbonyl (C=O) groups is 1. The summed E-state index contributed by atoms with van der Waals surface area (Å²) in [7, 11) is 0. The summed E-state index contributed by atoms with van der Waals surface area (Å²) in [6.45, 7) is 7.81. The molecule has 8 nitrogen and oxygen atoms in total. The van der Waals surface area contributed by atoms with Crippen LogP contribution >= 0.6 is 0 Å². The highest BCUT2D eigenvalue weighted by atomic mass is 16.6. The Labute approximate surface area is 265 Å². The van der Waals surface area contributed by atoms with Crippen LogP contribution in [0.4, 0.5) is 4.79 Å². The van der Waals surface area contributed by atoms with Crippen molar-refractivity contribution in [2.24, 2.45) is 15.7 Å². The fraction of sp³-hybridized carbons (Fsp3) is 0.432. The van der Waals surface area contributed by atoms with Crippen molar-refractivity contribution in [2.75, 3.05) is 19.6 Å². The highest BCUT2D eigenvalue weighted by Crippen LogP contribution is 2.37. The predicted octanol–water partition coefficient (Wildman–Crippen LogP) is 6.52. The van der Waals surface area contributed by atoms with E-state index >= 15 is 0 Å².